The molecule has 1 fully saturated rings. The highest BCUT2D eigenvalue weighted by Gasteiger charge is 2.26. The molecule has 1 aliphatic heterocycles. The van der Waals surface area contributed by atoms with E-state index in [1.54, 1.807) is 0 Å². The van der Waals surface area contributed by atoms with E-state index in [4.69, 9.17) is 9.47 Å². The van der Waals surface area contributed by atoms with Crippen LogP contribution in [0.3, 0.4) is 0 Å². The maximum Gasteiger partial charge on any atom is 0.225 e. The minimum absolute atomic E-state index is 0.122. The van der Waals surface area contributed by atoms with E-state index < -0.39 is 0 Å². The second-order valence-electron chi connectivity index (χ2n) is 7.80. The third-order valence-corrected chi connectivity index (χ3v) is 5.28. The second-order valence-corrected chi connectivity index (χ2v) is 7.80. The number of hydrogen-bond donors (Lipinski definition) is 1. The molecule has 1 N–H and O–H groups in total. The standard InChI is InChI=1S/C22H43NO3/c1-4-7-9-10-11-12-13-14-16-21(26-18-20-17-25-20)23-22(24)19(6-3)15-8-5-2/h19-21H,4-18H2,1-3H3,(H,23,24). The molecule has 1 saturated heterocycles. The van der Waals surface area contributed by atoms with Crippen molar-refractivity contribution in [1.82, 2.24) is 5.32 Å². The van der Waals surface area contributed by atoms with E-state index in [2.05, 4.69) is 26.1 Å². The zero-order valence-corrected chi connectivity index (χ0v) is 17.6. The number of amides is 1. The van der Waals surface area contributed by atoms with Gasteiger partial charge in [-0.1, -0.05) is 78.6 Å². The van der Waals surface area contributed by atoms with Gasteiger partial charge in [0.1, 0.15) is 12.3 Å². The Labute approximate surface area is 161 Å². The van der Waals surface area contributed by atoms with Crippen molar-refractivity contribution in [2.24, 2.45) is 5.92 Å². The highest BCUT2D eigenvalue weighted by molar-refractivity contribution is 5.78. The monoisotopic (exact) mass is 369 g/mol. The lowest BCUT2D eigenvalue weighted by atomic mass is 9.98. The van der Waals surface area contributed by atoms with E-state index in [0.717, 1.165) is 45.1 Å². The zero-order chi connectivity index (χ0) is 19.0. The molecule has 154 valence electrons. The van der Waals surface area contributed by atoms with Gasteiger partial charge in [-0.25, -0.2) is 0 Å². The van der Waals surface area contributed by atoms with Crippen LogP contribution < -0.4 is 5.32 Å². The first-order valence-corrected chi connectivity index (χ1v) is 11.2. The zero-order valence-electron chi connectivity index (χ0n) is 17.6. The fourth-order valence-electron chi connectivity index (χ4n) is 3.30. The number of carbonyl (C=O) groups excluding carboxylic acids is 1. The largest absolute Gasteiger partial charge is 0.371 e. The number of nitrogens with one attached hydrogen (secondary N) is 1. The van der Waals surface area contributed by atoms with Crippen molar-refractivity contribution < 1.29 is 14.3 Å². The van der Waals surface area contributed by atoms with Gasteiger partial charge in [0.2, 0.25) is 5.91 Å². The predicted molar refractivity (Wildman–Crippen MR) is 108 cm³/mol. The van der Waals surface area contributed by atoms with Gasteiger partial charge in [-0.15, -0.1) is 0 Å². The third-order valence-electron chi connectivity index (χ3n) is 5.28. The summed E-state index contributed by atoms with van der Waals surface area (Å²) in [4.78, 5) is 12.6. The van der Waals surface area contributed by atoms with Gasteiger partial charge in [-0.2, -0.15) is 0 Å². The Balaban J connectivity index is 2.25. The summed E-state index contributed by atoms with van der Waals surface area (Å²) in [5.41, 5.74) is 0. The number of carbonyl (C=O) groups is 1. The molecule has 26 heavy (non-hydrogen) atoms. The molecule has 3 unspecified atom stereocenters. The minimum Gasteiger partial charge on any atom is -0.371 e. The summed E-state index contributed by atoms with van der Waals surface area (Å²) in [6.07, 6.45) is 15.5. The maximum absolute atomic E-state index is 12.6. The quantitative estimate of drug-likeness (QED) is 0.195. The highest BCUT2D eigenvalue weighted by Crippen LogP contribution is 2.16. The first-order chi connectivity index (χ1) is 12.7. The fraction of sp³-hybridized carbons (Fsp3) is 0.955. The third kappa shape index (κ3) is 11.9. The average molecular weight is 370 g/mol. The summed E-state index contributed by atoms with van der Waals surface area (Å²) in [7, 11) is 0. The first kappa shape index (κ1) is 23.4. The Morgan fingerprint density at radius 1 is 0.962 bits per heavy atom. The molecule has 1 amide bonds. The van der Waals surface area contributed by atoms with Crippen molar-refractivity contribution in [1.29, 1.82) is 0 Å². The Kier molecular flexibility index (Phi) is 13.9. The summed E-state index contributed by atoms with van der Waals surface area (Å²) < 4.78 is 11.2. The van der Waals surface area contributed by atoms with Crippen LogP contribution in [0.25, 0.3) is 0 Å². The number of ether oxygens (including phenoxy) is 2. The van der Waals surface area contributed by atoms with Crippen molar-refractivity contribution in [2.75, 3.05) is 13.2 Å². The van der Waals surface area contributed by atoms with Gasteiger partial charge in [0.15, 0.2) is 0 Å². The maximum atomic E-state index is 12.6. The Morgan fingerprint density at radius 2 is 1.58 bits per heavy atom. The van der Waals surface area contributed by atoms with E-state index >= 15 is 0 Å². The molecule has 4 heteroatoms. The smallest absolute Gasteiger partial charge is 0.225 e. The molecule has 0 aliphatic carbocycles. The fourth-order valence-corrected chi connectivity index (χ4v) is 3.30. The van der Waals surface area contributed by atoms with Gasteiger partial charge in [-0.3, -0.25) is 4.79 Å². The Bertz CT molecular complexity index is 344. The normalized spacial score (nSPS) is 18.5. The van der Waals surface area contributed by atoms with Crippen LogP contribution in [0.5, 0.6) is 0 Å². The van der Waals surface area contributed by atoms with Gasteiger partial charge in [-0.05, 0) is 25.7 Å². The molecule has 0 radical (unpaired) electrons. The van der Waals surface area contributed by atoms with Crippen LogP contribution in [0, 0.1) is 5.92 Å². The highest BCUT2D eigenvalue weighted by atomic mass is 16.6. The predicted octanol–water partition coefficient (Wildman–Crippen LogP) is 5.59. The lowest BCUT2D eigenvalue weighted by Gasteiger charge is -2.22. The van der Waals surface area contributed by atoms with Crippen LogP contribution in [0.15, 0.2) is 0 Å². The first-order valence-electron chi connectivity index (χ1n) is 11.2. The number of hydrogen-bond acceptors (Lipinski definition) is 3. The topological polar surface area (TPSA) is 50.9 Å². The van der Waals surface area contributed by atoms with E-state index in [0.29, 0.717) is 6.61 Å². The molecule has 4 nitrogen and oxygen atoms in total. The van der Waals surface area contributed by atoms with Crippen molar-refractivity contribution in [3.63, 3.8) is 0 Å². The molecule has 0 aromatic rings. The molecule has 3 atom stereocenters. The summed E-state index contributed by atoms with van der Waals surface area (Å²) in [5, 5.41) is 3.16. The Hall–Kier alpha value is -0.610. The lowest BCUT2D eigenvalue weighted by molar-refractivity contribution is -0.130. The van der Waals surface area contributed by atoms with Gasteiger partial charge in [0.25, 0.3) is 0 Å². The summed E-state index contributed by atoms with van der Waals surface area (Å²) in [6.45, 7) is 7.94. The van der Waals surface area contributed by atoms with E-state index in [1.165, 1.54) is 44.9 Å². The van der Waals surface area contributed by atoms with Crippen LogP contribution in [-0.4, -0.2) is 31.5 Å². The van der Waals surface area contributed by atoms with Crippen LogP contribution in [0.2, 0.25) is 0 Å². The number of rotatable bonds is 18. The van der Waals surface area contributed by atoms with Crippen LogP contribution in [0.1, 0.15) is 104 Å². The Morgan fingerprint density at radius 3 is 2.15 bits per heavy atom. The number of unbranched alkanes of at least 4 members (excludes halogenated alkanes) is 8. The molecule has 1 heterocycles. The van der Waals surface area contributed by atoms with Crippen molar-refractivity contribution in [3.8, 4) is 0 Å². The molecule has 1 aliphatic rings. The molecular formula is C22H43NO3. The van der Waals surface area contributed by atoms with Gasteiger partial charge >= 0.3 is 0 Å². The van der Waals surface area contributed by atoms with Gasteiger partial charge in [0.05, 0.1) is 13.2 Å². The van der Waals surface area contributed by atoms with Gasteiger partial charge in [0, 0.05) is 5.92 Å². The molecule has 0 saturated carbocycles. The van der Waals surface area contributed by atoms with E-state index in [-0.39, 0.29) is 24.2 Å². The van der Waals surface area contributed by atoms with Crippen LogP contribution in [-0.2, 0) is 14.3 Å². The molecule has 0 spiro atoms. The molecule has 0 aromatic carbocycles. The van der Waals surface area contributed by atoms with E-state index in [1.807, 2.05) is 0 Å². The summed E-state index contributed by atoms with van der Waals surface area (Å²) >= 11 is 0. The van der Waals surface area contributed by atoms with Crippen molar-refractivity contribution in [2.45, 2.75) is 117 Å². The SMILES string of the molecule is CCCCCCCCCCC(NC(=O)C(CC)CCCC)OCC1CO1. The van der Waals surface area contributed by atoms with Crippen LogP contribution >= 0.6 is 0 Å². The minimum atomic E-state index is -0.150. The van der Waals surface area contributed by atoms with Crippen molar-refractivity contribution >= 4 is 5.91 Å². The molecule has 1 rings (SSSR count). The number of epoxide rings is 1. The van der Waals surface area contributed by atoms with Crippen LogP contribution in [0.4, 0.5) is 0 Å². The molecule has 0 aromatic heterocycles. The van der Waals surface area contributed by atoms with Gasteiger partial charge < -0.3 is 14.8 Å². The molecule has 0 bridgehead atoms. The molecular weight excluding hydrogens is 326 g/mol. The summed E-state index contributed by atoms with van der Waals surface area (Å²) in [6, 6.07) is 0. The lowest BCUT2D eigenvalue weighted by Crippen LogP contribution is -2.41. The second kappa shape index (κ2) is 15.4. The average Bonchev–Trinajstić information content (AvgIpc) is 3.46. The summed E-state index contributed by atoms with van der Waals surface area (Å²) in [5.74, 6) is 0.291. The van der Waals surface area contributed by atoms with E-state index in [9.17, 15) is 4.79 Å². The van der Waals surface area contributed by atoms with Crippen molar-refractivity contribution in [3.05, 3.63) is 0 Å².